The van der Waals surface area contributed by atoms with E-state index in [9.17, 15) is 18.0 Å². The van der Waals surface area contributed by atoms with Gasteiger partial charge in [-0.15, -0.1) is 0 Å². The summed E-state index contributed by atoms with van der Waals surface area (Å²) in [6, 6.07) is 15.1. The third kappa shape index (κ3) is 4.57. The van der Waals surface area contributed by atoms with Crippen molar-refractivity contribution in [2.45, 2.75) is 19.6 Å². The van der Waals surface area contributed by atoms with Gasteiger partial charge in [0, 0.05) is 11.8 Å². The van der Waals surface area contributed by atoms with Gasteiger partial charge in [-0.1, -0.05) is 29.5 Å². The summed E-state index contributed by atoms with van der Waals surface area (Å²) in [4.78, 5) is 23.6. The van der Waals surface area contributed by atoms with Crippen molar-refractivity contribution in [2.75, 3.05) is 11.5 Å². The Balaban J connectivity index is 1.78. The number of hydrogen-bond acceptors (Lipinski definition) is 5. The molecule has 0 saturated heterocycles. The van der Waals surface area contributed by atoms with Gasteiger partial charge < -0.3 is 4.74 Å². The van der Waals surface area contributed by atoms with Crippen LogP contribution in [-0.4, -0.2) is 22.5 Å². The van der Waals surface area contributed by atoms with Gasteiger partial charge in [-0.25, -0.2) is 4.98 Å². The summed E-state index contributed by atoms with van der Waals surface area (Å²) in [6.45, 7) is 2.36. The van der Waals surface area contributed by atoms with Gasteiger partial charge in [0.15, 0.2) is 5.13 Å². The number of amides is 1. The van der Waals surface area contributed by atoms with Gasteiger partial charge in [0.2, 0.25) is 0 Å². The third-order valence-electron chi connectivity index (χ3n) is 4.63. The van der Waals surface area contributed by atoms with Gasteiger partial charge in [0.05, 0.1) is 29.1 Å². The lowest BCUT2D eigenvalue weighted by atomic mass is 10.1. The van der Waals surface area contributed by atoms with Crippen LogP contribution in [0, 0.1) is 0 Å². The molecule has 1 amide bonds. The van der Waals surface area contributed by atoms with E-state index in [1.165, 1.54) is 28.4 Å². The Morgan fingerprint density at radius 3 is 2.62 bits per heavy atom. The maximum absolute atomic E-state index is 13.4. The maximum atomic E-state index is 13.4. The van der Waals surface area contributed by atoms with Crippen molar-refractivity contribution in [1.82, 2.24) is 9.97 Å². The second-order valence-electron chi connectivity index (χ2n) is 6.82. The monoisotopic (exact) mass is 457 g/mol. The molecule has 0 saturated carbocycles. The van der Waals surface area contributed by atoms with E-state index in [0.717, 1.165) is 16.8 Å². The van der Waals surface area contributed by atoms with Crippen molar-refractivity contribution in [2.24, 2.45) is 0 Å². The Morgan fingerprint density at radius 2 is 1.91 bits per heavy atom. The zero-order chi connectivity index (χ0) is 22.7. The van der Waals surface area contributed by atoms with Gasteiger partial charge in [0.1, 0.15) is 11.3 Å². The van der Waals surface area contributed by atoms with Gasteiger partial charge >= 0.3 is 6.18 Å². The van der Waals surface area contributed by atoms with Gasteiger partial charge in [-0.2, -0.15) is 13.2 Å². The summed E-state index contributed by atoms with van der Waals surface area (Å²) in [5.74, 6) is -0.0180. The van der Waals surface area contributed by atoms with Crippen molar-refractivity contribution in [3.05, 3.63) is 83.7 Å². The molecule has 2 aromatic heterocycles. The van der Waals surface area contributed by atoms with E-state index in [-0.39, 0.29) is 12.1 Å². The average molecular weight is 457 g/mol. The van der Waals surface area contributed by atoms with Gasteiger partial charge in [-0.05, 0) is 49.4 Å². The van der Waals surface area contributed by atoms with Crippen LogP contribution in [-0.2, 0) is 12.7 Å². The molecule has 2 aromatic carbocycles. The van der Waals surface area contributed by atoms with E-state index in [1.54, 1.807) is 30.5 Å². The smallest absolute Gasteiger partial charge is 0.416 e. The van der Waals surface area contributed by atoms with Crippen LogP contribution in [0.5, 0.6) is 5.75 Å². The third-order valence-corrected chi connectivity index (χ3v) is 5.67. The number of hydrogen-bond donors (Lipinski definition) is 0. The highest BCUT2D eigenvalue weighted by molar-refractivity contribution is 7.22. The molecule has 0 spiro atoms. The topological polar surface area (TPSA) is 55.3 Å². The summed E-state index contributed by atoms with van der Waals surface area (Å²) >= 11 is 1.26. The molecule has 5 nitrogen and oxygen atoms in total. The van der Waals surface area contributed by atoms with Crippen LogP contribution in [0.25, 0.3) is 10.2 Å². The number of thiazole rings is 1. The van der Waals surface area contributed by atoms with E-state index in [4.69, 9.17) is 4.74 Å². The van der Waals surface area contributed by atoms with Crippen molar-refractivity contribution in [3.63, 3.8) is 0 Å². The van der Waals surface area contributed by atoms with E-state index in [0.29, 0.717) is 28.7 Å². The van der Waals surface area contributed by atoms with Crippen molar-refractivity contribution < 1.29 is 22.7 Å². The standard InChI is InChI=1S/C23H18F3N3O2S/c1-2-31-18-10-6-11-19-20(18)28-22(32-19)29(14-17-9-3-4-12-27-17)21(30)15-7-5-8-16(13-15)23(24,25)26/h3-13H,2,14H2,1H3. The molecule has 0 unspecified atom stereocenters. The first-order chi connectivity index (χ1) is 15.4. The maximum Gasteiger partial charge on any atom is 0.416 e. The first-order valence-corrected chi connectivity index (χ1v) is 10.6. The molecule has 32 heavy (non-hydrogen) atoms. The minimum atomic E-state index is -4.55. The fourth-order valence-electron chi connectivity index (χ4n) is 3.16. The molecule has 0 radical (unpaired) electrons. The number of carbonyl (C=O) groups excluding carboxylic acids is 1. The molecular formula is C23H18F3N3O2S. The van der Waals surface area contributed by atoms with Crippen LogP contribution in [0.15, 0.2) is 66.9 Å². The van der Waals surface area contributed by atoms with E-state index < -0.39 is 17.6 Å². The van der Waals surface area contributed by atoms with Gasteiger partial charge in [0.25, 0.3) is 5.91 Å². The van der Waals surface area contributed by atoms with Crippen molar-refractivity contribution in [1.29, 1.82) is 0 Å². The highest BCUT2D eigenvalue weighted by Crippen LogP contribution is 2.36. The molecule has 0 aliphatic rings. The second kappa shape index (κ2) is 8.96. The predicted octanol–water partition coefficient (Wildman–Crippen LogP) is 5.96. The molecule has 164 valence electrons. The predicted molar refractivity (Wildman–Crippen MR) is 117 cm³/mol. The molecule has 2 heterocycles. The van der Waals surface area contributed by atoms with Crippen molar-refractivity contribution in [3.8, 4) is 5.75 Å². The van der Waals surface area contributed by atoms with Crippen LogP contribution < -0.4 is 9.64 Å². The zero-order valence-electron chi connectivity index (χ0n) is 17.0. The number of benzene rings is 2. The summed E-state index contributed by atoms with van der Waals surface area (Å²) in [5, 5.41) is 0.347. The normalized spacial score (nSPS) is 11.5. The molecule has 4 aromatic rings. The largest absolute Gasteiger partial charge is 0.492 e. The van der Waals surface area contributed by atoms with E-state index >= 15 is 0 Å². The fourth-order valence-corrected chi connectivity index (χ4v) is 4.14. The first-order valence-electron chi connectivity index (χ1n) is 9.78. The molecule has 0 atom stereocenters. The summed E-state index contributed by atoms with van der Waals surface area (Å²) in [5.41, 5.74) is 0.207. The number of nitrogens with zero attached hydrogens (tertiary/aromatic N) is 3. The molecule has 0 bridgehead atoms. The molecule has 4 rings (SSSR count). The highest BCUT2D eigenvalue weighted by Gasteiger charge is 2.32. The molecule has 9 heteroatoms. The number of anilines is 1. The Bertz CT molecular complexity index is 1240. The Morgan fingerprint density at radius 1 is 1.09 bits per heavy atom. The molecule has 0 aliphatic heterocycles. The zero-order valence-corrected chi connectivity index (χ0v) is 17.8. The molecular weight excluding hydrogens is 439 g/mol. The molecule has 0 aliphatic carbocycles. The minimum absolute atomic E-state index is 0.0553. The first kappa shape index (κ1) is 21.8. The minimum Gasteiger partial charge on any atom is -0.492 e. The highest BCUT2D eigenvalue weighted by atomic mass is 32.1. The lowest BCUT2D eigenvalue weighted by Gasteiger charge is -2.20. The van der Waals surface area contributed by atoms with Crippen molar-refractivity contribution >= 4 is 32.6 Å². The average Bonchev–Trinajstić information content (AvgIpc) is 3.22. The van der Waals surface area contributed by atoms with Gasteiger partial charge in [-0.3, -0.25) is 14.7 Å². The number of ether oxygens (including phenoxy) is 1. The quantitative estimate of drug-likeness (QED) is 0.359. The number of para-hydroxylation sites is 1. The number of rotatable bonds is 6. The van der Waals surface area contributed by atoms with Crippen LogP contribution in [0.1, 0.15) is 28.5 Å². The Kier molecular flexibility index (Phi) is 6.09. The lowest BCUT2D eigenvalue weighted by molar-refractivity contribution is -0.137. The summed E-state index contributed by atoms with van der Waals surface area (Å²) < 4.78 is 46.0. The summed E-state index contributed by atoms with van der Waals surface area (Å²) in [7, 11) is 0. The molecule has 0 fully saturated rings. The number of pyridine rings is 1. The van der Waals surface area contributed by atoms with E-state index in [1.807, 2.05) is 19.1 Å². The van der Waals surface area contributed by atoms with Crippen LogP contribution in [0.2, 0.25) is 0 Å². The lowest BCUT2D eigenvalue weighted by Crippen LogP contribution is -2.31. The van der Waals surface area contributed by atoms with Crippen LogP contribution >= 0.6 is 11.3 Å². The number of aromatic nitrogens is 2. The number of carbonyl (C=O) groups is 1. The fraction of sp³-hybridized carbons (Fsp3) is 0.174. The van der Waals surface area contributed by atoms with Crippen LogP contribution in [0.3, 0.4) is 0 Å². The molecule has 0 N–H and O–H groups in total. The Hall–Kier alpha value is -3.46. The summed E-state index contributed by atoms with van der Waals surface area (Å²) in [6.07, 6.45) is -2.96. The number of alkyl halides is 3. The second-order valence-corrected chi connectivity index (χ2v) is 7.83. The van der Waals surface area contributed by atoms with E-state index in [2.05, 4.69) is 9.97 Å². The van der Waals surface area contributed by atoms with Crippen LogP contribution in [0.4, 0.5) is 18.3 Å². The SMILES string of the molecule is CCOc1cccc2sc(N(Cc3ccccn3)C(=O)c3cccc(C(F)(F)F)c3)nc12. The Labute approximate surface area is 186 Å². The number of halogens is 3. The number of fused-ring (bicyclic) bond motifs is 1.